The van der Waals surface area contributed by atoms with Crippen molar-refractivity contribution in [2.45, 2.75) is 26.3 Å². The fourth-order valence-electron chi connectivity index (χ4n) is 2.06. The summed E-state index contributed by atoms with van der Waals surface area (Å²) in [5.41, 5.74) is 0. The minimum Gasteiger partial charge on any atom is -0.480 e. The normalized spacial score (nSPS) is 17.7. The van der Waals surface area contributed by atoms with Gasteiger partial charge in [0.25, 0.3) is 0 Å². The average Bonchev–Trinajstić information content (AvgIpc) is 2.50. The molecule has 1 unspecified atom stereocenters. The number of carbonyl (C=O) groups is 3. The first-order valence-corrected chi connectivity index (χ1v) is 7.21. The molecule has 0 aromatic rings. The second kappa shape index (κ2) is 8.46. The molecular formula is C13H24N4O4. The fourth-order valence-corrected chi connectivity index (χ4v) is 2.06. The molecule has 120 valence electrons. The Labute approximate surface area is 124 Å². The highest BCUT2D eigenvalue weighted by molar-refractivity contribution is 5.86. The van der Waals surface area contributed by atoms with Gasteiger partial charge in [0, 0.05) is 26.2 Å². The van der Waals surface area contributed by atoms with Crippen LogP contribution in [0.15, 0.2) is 0 Å². The summed E-state index contributed by atoms with van der Waals surface area (Å²) in [7, 11) is 0. The Balaban J connectivity index is 2.38. The van der Waals surface area contributed by atoms with Gasteiger partial charge in [-0.25, -0.2) is 9.59 Å². The van der Waals surface area contributed by atoms with Crippen molar-refractivity contribution in [1.82, 2.24) is 20.9 Å². The molecule has 0 bridgehead atoms. The average molecular weight is 300 g/mol. The molecule has 3 amide bonds. The van der Waals surface area contributed by atoms with Crippen LogP contribution in [0.25, 0.3) is 0 Å². The van der Waals surface area contributed by atoms with Gasteiger partial charge < -0.3 is 26.0 Å². The van der Waals surface area contributed by atoms with E-state index in [0.717, 1.165) is 13.1 Å². The highest BCUT2D eigenvalue weighted by atomic mass is 16.4. The van der Waals surface area contributed by atoms with Gasteiger partial charge in [0.05, 0.1) is 6.54 Å². The van der Waals surface area contributed by atoms with Crippen molar-refractivity contribution in [2.75, 3.05) is 32.7 Å². The first kappa shape index (κ1) is 17.2. The molecule has 0 radical (unpaired) electrons. The zero-order valence-electron chi connectivity index (χ0n) is 12.5. The number of carboxylic acid groups (broad SMARTS) is 1. The first-order valence-electron chi connectivity index (χ1n) is 7.21. The maximum Gasteiger partial charge on any atom is 0.326 e. The predicted octanol–water partition coefficient (Wildman–Crippen LogP) is -0.783. The second-order valence-electron chi connectivity index (χ2n) is 5.16. The van der Waals surface area contributed by atoms with E-state index in [0.29, 0.717) is 19.5 Å². The van der Waals surface area contributed by atoms with Crippen LogP contribution in [0.3, 0.4) is 0 Å². The van der Waals surface area contributed by atoms with Crippen molar-refractivity contribution < 1.29 is 19.5 Å². The lowest BCUT2D eigenvalue weighted by Gasteiger charge is -2.27. The molecule has 1 aliphatic rings. The molecule has 21 heavy (non-hydrogen) atoms. The third-order valence-electron chi connectivity index (χ3n) is 3.64. The van der Waals surface area contributed by atoms with Crippen molar-refractivity contribution >= 4 is 17.9 Å². The topological polar surface area (TPSA) is 111 Å². The Morgan fingerprint density at radius 2 is 1.90 bits per heavy atom. The zero-order valence-corrected chi connectivity index (χ0v) is 12.5. The summed E-state index contributed by atoms with van der Waals surface area (Å²) in [6, 6.07) is -1.59. The van der Waals surface area contributed by atoms with Gasteiger partial charge in [-0.1, -0.05) is 20.3 Å². The van der Waals surface area contributed by atoms with Gasteiger partial charge >= 0.3 is 12.0 Å². The Kier molecular flexibility index (Phi) is 6.93. The minimum absolute atomic E-state index is 0.126. The van der Waals surface area contributed by atoms with Gasteiger partial charge in [0.2, 0.25) is 5.91 Å². The summed E-state index contributed by atoms with van der Waals surface area (Å²) in [5, 5.41) is 17.0. The standard InChI is InChI=1S/C13H24N4O4/c1-3-9(2)11(12(19)20)16-13(21)15-8-10(18)17-6-4-14-5-7-17/h9,11,14H,3-8H2,1-2H3,(H,19,20)(H2,15,16,21)/t9?,11-/m0/s1. The molecule has 1 aliphatic heterocycles. The number of hydrogen-bond donors (Lipinski definition) is 4. The van der Waals surface area contributed by atoms with E-state index in [-0.39, 0.29) is 18.4 Å². The fraction of sp³-hybridized carbons (Fsp3) is 0.769. The van der Waals surface area contributed by atoms with E-state index in [2.05, 4.69) is 16.0 Å². The number of rotatable bonds is 6. The molecule has 1 heterocycles. The number of amides is 3. The first-order chi connectivity index (χ1) is 9.95. The molecule has 0 aliphatic carbocycles. The van der Waals surface area contributed by atoms with Crippen LogP contribution in [0.5, 0.6) is 0 Å². The van der Waals surface area contributed by atoms with E-state index in [1.807, 2.05) is 6.92 Å². The van der Waals surface area contributed by atoms with Crippen LogP contribution in [0.2, 0.25) is 0 Å². The molecule has 8 nitrogen and oxygen atoms in total. The lowest BCUT2D eigenvalue weighted by Crippen LogP contribution is -2.53. The van der Waals surface area contributed by atoms with Crippen LogP contribution in [0, 0.1) is 5.92 Å². The third-order valence-corrected chi connectivity index (χ3v) is 3.64. The Morgan fingerprint density at radius 1 is 1.29 bits per heavy atom. The molecule has 0 spiro atoms. The van der Waals surface area contributed by atoms with Gasteiger partial charge in [0.15, 0.2) is 0 Å². The Morgan fingerprint density at radius 3 is 2.43 bits per heavy atom. The van der Waals surface area contributed by atoms with E-state index in [4.69, 9.17) is 5.11 Å². The number of carbonyl (C=O) groups excluding carboxylic acids is 2. The van der Waals surface area contributed by atoms with Crippen molar-refractivity contribution in [1.29, 1.82) is 0 Å². The molecule has 1 fully saturated rings. The number of hydrogen-bond acceptors (Lipinski definition) is 4. The number of nitrogens with zero attached hydrogens (tertiary/aromatic N) is 1. The van der Waals surface area contributed by atoms with Gasteiger partial charge in [0.1, 0.15) is 6.04 Å². The van der Waals surface area contributed by atoms with Gasteiger partial charge in [-0.15, -0.1) is 0 Å². The van der Waals surface area contributed by atoms with Crippen LogP contribution in [0.4, 0.5) is 4.79 Å². The quantitative estimate of drug-likeness (QED) is 0.514. The van der Waals surface area contributed by atoms with Crippen molar-refractivity contribution in [2.24, 2.45) is 5.92 Å². The van der Waals surface area contributed by atoms with Crippen LogP contribution in [0.1, 0.15) is 20.3 Å². The van der Waals surface area contributed by atoms with E-state index in [9.17, 15) is 14.4 Å². The summed E-state index contributed by atoms with van der Waals surface area (Å²) >= 11 is 0. The third kappa shape index (κ3) is 5.58. The van der Waals surface area contributed by atoms with E-state index >= 15 is 0 Å². The summed E-state index contributed by atoms with van der Waals surface area (Å²) in [6.07, 6.45) is 0.636. The summed E-state index contributed by atoms with van der Waals surface area (Å²) < 4.78 is 0. The lowest BCUT2D eigenvalue weighted by atomic mass is 9.99. The van der Waals surface area contributed by atoms with Crippen molar-refractivity contribution in [3.63, 3.8) is 0 Å². The number of carboxylic acids is 1. The number of nitrogens with one attached hydrogen (secondary N) is 3. The van der Waals surface area contributed by atoms with Crippen molar-refractivity contribution in [3.05, 3.63) is 0 Å². The Bertz CT molecular complexity index is 382. The molecule has 4 N–H and O–H groups in total. The lowest BCUT2D eigenvalue weighted by molar-refractivity contribution is -0.140. The smallest absolute Gasteiger partial charge is 0.326 e. The Hall–Kier alpha value is -1.83. The van der Waals surface area contributed by atoms with Crippen LogP contribution in [-0.4, -0.2) is 66.7 Å². The molecule has 2 atom stereocenters. The number of aliphatic carboxylic acids is 1. The van der Waals surface area contributed by atoms with Crippen molar-refractivity contribution in [3.8, 4) is 0 Å². The minimum atomic E-state index is -1.08. The summed E-state index contributed by atoms with van der Waals surface area (Å²) in [4.78, 5) is 36.3. The van der Waals surface area contributed by atoms with Crippen LogP contribution < -0.4 is 16.0 Å². The molecule has 8 heteroatoms. The van der Waals surface area contributed by atoms with E-state index < -0.39 is 18.0 Å². The van der Waals surface area contributed by atoms with Gasteiger partial charge in [-0.3, -0.25) is 4.79 Å². The predicted molar refractivity (Wildman–Crippen MR) is 76.9 cm³/mol. The maximum absolute atomic E-state index is 11.9. The monoisotopic (exact) mass is 300 g/mol. The van der Waals surface area contributed by atoms with Gasteiger partial charge in [-0.2, -0.15) is 0 Å². The van der Waals surface area contributed by atoms with Crippen LogP contribution >= 0.6 is 0 Å². The summed E-state index contributed by atoms with van der Waals surface area (Å²) in [5.74, 6) is -1.42. The zero-order chi connectivity index (χ0) is 15.8. The maximum atomic E-state index is 11.9. The number of urea groups is 1. The van der Waals surface area contributed by atoms with Crippen LogP contribution in [-0.2, 0) is 9.59 Å². The summed E-state index contributed by atoms with van der Waals surface area (Å²) in [6.45, 7) is 6.21. The highest BCUT2D eigenvalue weighted by Gasteiger charge is 2.25. The molecule has 1 rings (SSSR count). The molecule has 1 saturated heterocycles. The van der Waals surface area contributed by atoms with E-state index in [1.54, 1.807) is 11.8 Å². The molecule has 0 saturated carbocycles. The molecule has 0 aromatic heterocycles. The van der Waals surface area contributed by atoms with Gasteiger partial charge in [-0.05, 0) is 5.92 Å². The van der Waals surface area contributed by atoms with E-state index in [1.165, 1.54) is 0 Å². The second-order valence-corrected chi connectivity index (χ2v) is 5.16. The number of piperazine rings is 1. The highest BCUT2D eigenvalue weighted by Crippen LogP contribution is 2.07. The SMILES string of the molecule is CCC(C)[C@H](NC(=O)NCC(=O)N1CCNCC1)C(=O)O. The largest absolute Gasteiger partial charge is 0.480 e. The molecular weight excluding hydrogens is 276 g/mol. The molecule has 0 aromatic carbocycles.